The predicted molar refractivity (Wildman–Crippen MR) is 434 cm³/mol. The van der Waals surface area contributed by atoms with Crippen LogP contribution in [0.15, 0.2) is 231 Å². The summed E-state index contributed by atoms with van der Waals surface area (Å²) in [4.78, 5) is 2.45. The first kappa shape index (κ1) is 72.7. The monoisotopic (exact) mass is 1430 g/mol. The summed E-state index contributed by atoms with van der Waals surface area (Å²) in [5, 5.41) is 3.84. The number of anilines is 5. The molecule has 10 aromatic rings. The minimum atomic E-state index is -0.367. The molecule has 0 bridgehead atoms. The van der Waals surface area contributed by atoms with E-state index in [9.17, 15) is 0 Å². The lowest BCUT2D eigenvalue weighted by Gasteiger charge is -2.39. The van der Waals surface area contributed by atoms with E-state index in [1.807, 2.05) is 0 Å². The van der Waals surface area contributed by atoms with Gasteiger partial charge < -0.3 is 48.1 Å². The van der Waals surface area contributed by atoms with E-state index in [4.69, 9.17) is 37.9 Å². The van der Waals surface area contributed by atoms with Crippen LogP contribution in [0.25, 0.3) is 55.6 Å². The van der Waals surface area contributed by atoms with E-state index >= 15 is 0 Å². The van der Waals surface area contributed by atoms with E-state index in [2.05, 4.69) is 296 Å². The maximum atomic E-state index is 6.69. The zero-order valence-electron chi connectivity index (χ0n) is 64.1. The topological polar surface area (TPSA) is 89.1 Å². The van der Waals surface area contributed by atoms with E-state index in [0.717, 1.165) is 125 Å². The molecule has 4 saturated heterocycles. The van der Waals surface area contributed by atoms with Gasteiger partial charge in [-0.3, -0.25) is 0 Å². The Hall–Kier alpha value is -8.52. The molecule has 6 aliphatic rings. The van der Waals surface area contributed by atoms with Crippen LogP contribution in [-0.2, 0) is 54.1 Å². The van der Waals surface area contributed by atoms with Gasteiger partial charge in [-0.1, -0.05) is 224 Å². The average molecular weight is 1430 g/mol. The molecular weight excluding hydrogens is 1320 g/mol. The lowest BCUT2D eigenvalue weighted by atomic mass is 9.70. The van der Waals surface area contributed by atoms with E-state index < -0.39 is 0 Å². The maximum Gasteiger partial charge on any atom is 0.0564 e. The Morgan fingerprint density at radius 3 is 1.06 bits per heavy atom. The number of rotatable bonds is 32. The Bertz CT molecular complexity index is 4670. The number of hydrogen-bond acceptors (Lipinski definition) is 10. The molecular formula is C97H106N2O8. The predicted octanol–water partition coefficient (Wildman–Crippen LogP) is 21.9. The molecule has 10 aromatic carbocycles. The summed E-state index contributed by atoms with van der Waals surface area (Å²) in [6, 6.07) is 86.9. The van der Waals surface area contributed by atoms with E-state index in [1.165, 1.54) is 83.5 Å². The van der Waals surface area contributed by atoms with Crippen LogP contribution >= 0.6 is 0 Å². The van der Waals surface area contributed by atoms with Gasteiger partial charge in [0.2, 0.25) is 0 Å². The van der Waals surface area contributed by atoms with Gasteiger partial charge in [-0.2, -0.15) is 0 Å². The molecule has 10 heteroatoms. The maximum absolute atomic E-state index is 6.69. The molecule has 10 nitrogen and oxygen atoms in total. The largest absolute Gasteiger partial charge is 0.381 e. The number of benzene rings is 10. The van der Waals surface area contributed by atoms with Gasteiger partial charge >= 0.3 is 0 Å². The van der Waals surface area contributed by atoms with Crippen molar-refractivity contribution in [2.24, 2.45) is 27.6 Å². The summed E-state index contributed by atoms with van der Waals surface area (Å²) < 4.78 is 49.0. The van der Waals surface area contributed by atoms with Gasteiger partial charge in [-0.05, 0) is 195 Å². The SMILES string of the molecule is Cc1ccc(-c2ccc(C(C)(CC(C)C)c3ccc(-c4ccc(N(c5ccc(-c6ccc(Nc7ccc8c(c7)C(CCOCC7(C)COC7)(CCOCC7(C)COC7)c7ccccc7-8)cc6)cc5)c5ccc6c(c5)C(CCOCC5(C)COC5)(CCOCC5(C)COC5)c5ccccc5-6)cc4)cc3)cc2)cc1. The molecule has 0 saturated carbocycles. The summed E-state index contributed by atoms with van der Waals surface area (Å²) in [7, 11) is 0. The minimum absolute atomic E-state index is 0.0460. The van der Waals surface area contributed by atoms with Gasteiger partial charge in [-0.15, -0.1) is 0 Å². The first-order chi connectivity index (χ1) is 51.9. The second-order valence-corrected chi connectivity index (χ2v) is 34.3. The zero-order valence-corrected chi connectivity index (χ0v) is 64.1. The van der Waals surface area contributed by atoms with E-state index in [1.54, 1.807) is 0 Å². The zero-order chi connectivity index (χ0) is 73.4. The van der Waals surface area contributed by atoms with Gasteiger partial charge in [0.15, 0.2) is 0 Å². The number of ether oxygens (including phenoxy) is 8. The van der Waals surface area contributed by atoms with Crippen molar-refractivity contribution in [2.45, 2.75) is 104 Å². The molecule has 16 rings (SSSR count). The van der Waals surface area contributed by atoms with Crippen LogP contribution in [0, 0.1) is 34.5 Å². The van der Waals surface area contributed by atoms with Crippen molar-refractivity contribution in [3.05, 3.63) is 269 Å². The third kappa shape index (κ3) is 14.9. The highest BCUT2D eigenvalue weighted by atomic mass is 16.5. The smallest absolute Gasteiger partial charge is 0.0564 e. The number of nitrogens with one attached hydrogen (secondary N) is 1. The summed E-state index contributed by atoms with van der Waals surface area (Å²) in [5.41, 5.74) is 26.2. The second kappa shape index (κ2) is 30.2. The molecule has 4 heterocycles. The van der Waals surface area contributed by atoms with E-state index in [0.29, 0.717) is 58.8 Å². The van der Waals surface area contributed by atoms with Crippen LogP contribution in [0.1, 0.15) is 120 Å². The van der Waals surface area contributed by atoms with Crippen molar-refractivity contribution in [3.63, 3.8) is 0 Å². The van der Waals surface area contributed by atoms with Crippen LogP contribution in [0.5, 0.6) is 0 Å². The summed E-state index contributed by atoms with van der Waals surface area (Å²) >= 11 is 0. The fourth-order valence-corrected chi connectivity index (χ4v) is 17.8. The third-order valence-corrected chi connectivity index (χ3v) is 24.2. The number of nitrogens with zero attached hydrogens (tertiary/aromatic N) is 1. The molecule has 2 aliphatic carbocycles. The van der Waals surface area contributed by atoms with Crippen molar-refractivity contribution in [2.75, 3.05) is 116 Å². The second-order valence-electron chi connectivity index (χ2n) is 34.3. The third-order valence-electron chi connectivity index (χ3n) is 24.2. The molecule has 0 amide bonds. The van der Waals surface area contributed by atoms with Crippen molar-refractivity contribution in [1.29, 1.82) is 0 Å². The van der Waals surface area contributed by atoms with Crippen LogP contribution in [-0.4, -0.2) is 106 Å². The van der Waals surface area contributed by atoms with Gasteiger partial charge in [0.1, 0.15) is 0 Å². The molecule has 1 unspecified atom stereocenters. The van der Waals surface area contributed by atoms with Gasteiger partial charge in [0, 0.05) is 92.8 Å². The van der Waals surface area contributed by atoms with Gasteiger partial charge in [0.25, 0.3) is 0 Å². The average Bonchev–Trinajstić information content (AvgIpc) is 1.57. The molecule has 1 atom stereocenters. The van der Waals surface area contributed by atoms with Gasteiger partial charge in [0.05, 0.1) is 79.3 Å². The Morgan fingerprint density at radius 1 is 0.364 bits per heavy atom. The summed E-state index contributed by atoms with van der Waals surface area (Å²) in [5.74, 6) is 0.503. The van der Waals surface area contributed by atoms with Crippen molar-refractivity contribution < 1.29 is 37.9 Å². The molecule has 0 radical (unpaired) electrons. The lowest BCUT2D eigenvalue weighted by Crippen LogP contribution is -2.44. The van der Waals surface area contributed by atoms with Crippen molar-refractivity contribution in [3.8, 4) is 55.6 Å². The molecule has 0 aromatic heterocycles. The highest BCUT2D eigenvalue weighted by Crippen LogP contribution is 2.57. The van der Waals surface area contributed by atoms with E-state index in [-0.39, 0.29) is 37.9 Å². The first-order valence-corrected chi connectivity index (χ1v) is 39.2. The molecule has 4 aliphatic heterocycles. The fourth-order valence-electron chi connectivity index (χ4n) is 17.8. The molecule has 4 fully saturated rings. The van der Waals surface area contributed by atoms with Crippen molar-refractivity contribution in [1.82, 2.24) is 0 Å². The Labute approximate surface area is 635 Å². The molecule has 552 valence electrons. The highest BCUT2D eigenvalue weighted by Gasteiger charge is 2.47. The van der Waals surface area contributed by atoms with Gasteiger partial charge in [-0.25, -0.2) is 0 Å². The van der Waals surface area contributed by atoms with Crippen LogP contribution in [0.4, 0.5) is 28.4 Å². The van der Waals surface area contributed by atoms with Crippen LogP contribution in [0.3, 0.4) is 0 Å². The molecule has 107 heavy (non-hydrogen) atoms. The summed E-state index contributed by atoms with van der Waals surface area (Å²) in [6.45, 7) is 29.5. The number of hydrogen-bond donors (Lipinski definition) is 1. The normalized spacial score (nSPS) is 18.1. The molecule has 0 spiro atoms. The van der Waals surface area contributed by atoms with Crippen LogP contribution < -0.4 is 10.2 Å². The first-order valence-electron chi connectivity index (χ1n) is 39.2. The van der Waals surface area contributed by atoms with Crippen LogP contribution in [0.2, 0.25) is 0 Å². The minimum Gasteiger partial charge on any atom is -0.381 e. The standard InChI is InChI=1S/C97H106N2O8/c1-68(2)55-95(8,76-31-21-71(22-32-76)70-19-17-69(3)18-20-70)77-33-23-72(24-34-77)74-27-38-80(39-28-74)99(82-42-44-86-84-14-10-12-16-88(84)97(90(86)54-82,47-51-102-58-93(6)64-106-65-93)48-52-103-59-94(7)66-107-67-94)81-40-29-75(30-41-81)73-25-35-78(36-26-73)98-79-37-43-85-83-13-9-11-15-87(83)96(89(85)53-79,45-49-100-56-91(4)60-104-61-91)46-50-101-57-92(5)62-105-63-92/h9-44,53-54,68,98H,45-52,55-67H2,1-8H3. The lowest BCUT2D eigenvalue weighted by molar-refractivity contribution is -0.140. The Balaban J connectivity index is 0.699. The Morgan fingerprint density at radius 2 is 0.682 bits per heavy atom. The quantitative estimate of drug-likeness (QED) is 0.0411. The molecule has 1 N–H and O–H groups in total. The Kier molecular flexibility index (Phi) is 20.5. The fraction of sp³-hybridized carbons (Fsp3) is 0.381. The number of aryl methyl sites for hydroxylation is 1. The summed E-state index contributed by atoms with van der Waals surface area (Å²) in [6.07, 6.45) is 4.36. The number of fused-ring (bicyclic) bond motifs is 6. The highest BCUT2D eigenvalue weighted by molar-refractivity contribution is 5.88. The van der Waals surface area contributed by atoms with Crippen molar-refractivity contribution >= 4 is 28.4 Å².